The molecule has 0 saturated heterocycles. The van der Waals surface area contributed by atoms with Crippen LogP contribution < -0.4 is 10.6 Å². The maximum atomic E-state index is 11.7. The van der Waals surface area contributed by atoms with Crippen LogP contribution in [0.5, 0.6) is 0 Å². The molecular formula is C13H24N2OS. The summed E-state index contributed by atoms with van der Waals surface area (Å²) in [5, 5.41) is 7.16. The number of thioether (sulfide) groups is 1. The zero-order valence-electron chi connectivity index (χ0n) is 10.7. The molecule has 4 heteroatoms. The van der Waals surface area contributed by atoms with Gasteiger partial charge in [-0.1, -0.05) is 6.92 Å². The van der Waals surface area contributed by atoms with Crippen LogP contribution in [0, 0.1) is 5.92 Å². The summed E-state index contributed by atoms with van der Waals surface area (Å²) < 4.78 is 0. The van der Waals surface area contributed by atoms with E-state index in [1.165, 1.54) is 25.0 Å². The van der Waals surface area contributed by atoms with Gasteiger partial charge in [0, 0.05) is 11.3 Å². The van der Waals surface area contributed by atoms with E-state index < -0.39 is 0 Å². The molecule has 2 rings (SSSR count). The lowest BCUT2D eigenvalue weighted by atomic mass is 10.2. The Morgan fingerprint density at radius 3 is 2.82 bits per heavy atom. The number of carbonyl (C=O) groups excluding carboxylic acids is 1. The van der Waals surface area contributed by atoms with Crippen LogP contribution in [0.3, 0.4) is 0 Å². The number of nitrogens with one attached hydrogen (secondary N) is 2. The zero-order chi connectivity index (χ0) is 12.1. The number of amides is 1. The summed E-state index contributed by atoms with van der Waals surface area (Å²) in [5.74, 6) is 2.21. The summed E-state index contributed by atoms with van der Waals surface area (Å²) >= 11 is 2.03. The Bertz CT molecular complexity index is 256. The average Bonchev–Trinajstić information content (AvgIpc) is 3.01. The first-order valence-corrected chi connectivity index (χ1v) is 7.94. The monoisotopic (exact) mass is 256 g/mol. The fourth-order valence-corrected chi connectivity index (χ4v) is 3.59. The van der Waals surface area contributed by atoms with Crippen molar-refractivity contribution >= 4 is 17.7 Å². The Kier molecular flexibility index (Phi) is 5.16. The van der Waals surface area contributed by atoms with Crippen molar-refractivity contribution in [2.24, 2.45) is 5.92 Å². The van der Waals surface area contributed by atoms with Crippen molar-refractivity contribution in [3.8, 4) is 0 Å². The molecule has 3 nitrogen and oxygen atoms in total. The van der Waals surface area contributed by atoms with Crippen molar-refractivity contribution in [1.29, 1.82) is 0 Å². The molecule has 2 fully saturated rings. The first kappa shape index (κ1) is 13.2. The first-order valence-electron chi connectivity index (χ1n) is 6.89. The minimum atomic E-state index is 0.179. The van der Waals surface area contributed by atoms with E-state index >= 15 is 0 Å². The minimum absolute atomic E-state index is 0.179. The maximum Gasteiger partial charge on any atom is 0.234 e. The molecular weight excluding hydrogens is 232 g/mol. The van der Waals surface area contributed by atoms with Crippen LogP contribution in [-0.4, -0.2) is 36.0 Å². The molecule has 2 saturated carbocycles. The van der Waals surface area contributed by atoms with Gasteiger partial charge < -0.3 is 10.6 Å². The third-order valence-electron chi connectivity index (χ3n) is 3.57. The van der Waals surface area contributed by atoms with E-state index in [0.29, 0.717) is 12.6 Å². The second kappa shape index (κ2) is 6.64. The fraction of sp³-hybridized carbons (Fsp3) is 0.923. The van der Waals surface area contributed by atoms with Crippen molar-refractivity contribution in [3.05, 3.63) is 0 Å². The van der Waals surface area contributed by atoms with Crippen LogP contribution in [0.4, 0.5) is 0 Å². The van der Waals surface area contributed by atoms with E-state index in [2.05, 4.69) is 17.6 Å². The molecule has 2 aliphatic rings. The van der Waals surface area contributed by atoms with Gasteiger partial charge in [-0.05, 0) is 50.3 Å². The van der Waals surface area contributed by atoms with Crippen molar-refractivity contribution in [3.63, 3.8) is 0 Å². The SMILES string of the molecule is CCSC1CCC(NC(=O)CNCC2CC2)C1. The summed E-state index contributed by atoms with van der Waals surface area (Å²) in [5.41, 5.74) is 0. The molecule has 1 amide bonds. The number of hydrogen-bond acceptors (Lipinski definition) is 3. The normalized spacial score (nSPS) is 28.3. The van der Waals surface area contributed by atoms with E-state index in [9.17, 15) is 4.79 Å². The first-order chi connectivity index (χ1) is 8.28. The summed E-state index contributed by atoms with van der Waals surface area (Å²) in [6.07, 6.45) is 6.26. The van der Waals surface area contributed by atoms with Gasteiger partial charge in [0.05, 0.1) is 6.54 Å². The molecule has 0 aromatic rings. The van der Waals surface area contributed by atoms with Crippen molar-refractivity contribution in [2.75, 3.05) is 18.8 Å². The molecule has 0 bridgehead atoms. The predicted octanol–water partition coefficient (Wildman–Crippen LogP) is 1.78. The average molecular weight is 256 g/mol. The topological polar surface area (TPSA) is 41.1 Å². The number of carbonyl (C=O) groups is 1. The molecule has 0 spiro atoms. The highest BCUT2D eigenvalue weighted by Gasteiger charge is 2.26. The van der Waals surface area contributed by atoms with Gasteiger partial charge in [-0.3, -0.25) is 4.79 Å². The van der Waals surface area contributed by atoms with Gasteiger partial charge >= 0.3 is 0 Å². The summed E-state index contributed by atoms with van der Waals surface area (Å²) in [4.78, 5) is 11.7. The highest BCUT2D eigenvalue weighted by Crippen LogP contribution is 2.29. The fourth-order valence-electron chi connectivity index (χ4n) is 2.45. The lowest BCUT2D eigenvalue weighted by Gasteiger charge is -2.13. The molecule has 0 aliphatic heterocycles. The molecule has 17 heavy (non-hydrogen) atoms. The smallest absolute Gasteiger partial charge is 0.234 e. The second-order valence-corrected chi connectivity index (χ2v) is 6.81. The van der Waals surface area contributed by atoms with Crippen LogP contribution in [0.2, 0.25) is 0 Å². The largest absolute Gasteiger partial charge is 0.352 e. The molecule has 2 unspecified atom stereocenters. The van der Waals surface area contributed by atoms with Crippen LogP contribution in [0.15, 0.2) is 0 Å². The third kappa shape index (κ3) is 4.88. The van der Waals surface area contributed by atoms with Crippen molar-refractivity contribution in [1.82, 2.24) is 10.6 Å². The molecule has 2 atom stereocenters. The number of hydrogen-bond donors (Lipinski definition) is 2. The van der Waals surface area contributed by atoms with Crippen LogP contribution in [0.25, 0.3) is 0 Å². The molecule has 98 valence electrons. The summed E-state index contributed by atoms with van der Waals surface area (Å²) in [6, 6.07) is 0.425. The van der Waals surface area contributed by atoms with Crippen molar-refractivity contribution in [2.45, 2.75) is 50.3 Å². The van der Waals surface area contributed by atoms with Gasteiger partial charge in [0.2, 0.25) is 5.91 Å². The highest BCUT2D eigenvalue weighted by atomic mass is 32.2. The Balaban J connectivity index is 1.55. The zero-order valence-corrected chi connectivity index (χ0v) is 11.5. The van der Waals surface area contributed by atoms with Gasteiger partial charge in [0.25, 0.3) is 0 Å². The second-order valence-electron chi connectivity index (χ2n) is 5.23. The Morgan fingerprint density at radius 1 is 1.29 bits per heavy atom. The van der Waals surface area contributed by atoms with Gasteiger partial charge in [-0.25, -0.2) is 0 Å². The molecule has 0 radical (unpaired) electrons. The van der Waals surface area contributed by atoms with Crippen LogP contribution >= 0.6 is 11.8 Å². The highest BCUT2D eigenvalue weighted by molar-refractivity contribution is 7.99. The predicted molar refractivity (Wildman–Crippen MR) is 73.3 cm³/mol. The van der Waals surface area contributed by atoms with Gasteiger partial charge in [0.15, 0.2) is 0 Å². The standard InChI is InChI=1S/C13H24N2OS/c1-2-17-12-6-5-11(7-12)15-13(16)9-14-8-10-3-4-10/h10-12,14H,2-9H2,1H3,(H,15,16). The Morgan fingerprint density at radius 2 is 2.12 bits per heavy atom. The quantitative estimate of drug-likeness (QED) is 0.729. The lowest BCUT2D eigenvalue weighted by Crippen LogP contribution is -2.39. The van der Waals surface area contributed by atoms with E-state index in [1.807, 2.05) is 11.8 Å². The van der Waals surface area contributed by atoms with Crippen molar-refractivity contribution < 1.29 is 4.79 Å². The minimum Gasteiger partial charge on any atom is -0.352 e. The van der Waals surface area contributed by atoms with Gasteiger partial charge in [0.1, 0.15) is 0 Å². The third-order valence-corrected chi connectivity index (χ3v) is 4.80. The molecule has 0 aromatic heterocycles. The molecule has 2 N–H and O–H groups in total. The lowest BCUT2D eigenvalue weighted by molar-refractivity contribution is -0.120. The van der Waals surface area contributed by atoms with E-state index in [4.69, 9.17) is 0 Å². The molecule has 2 aliphatic carbocycles. The van der Waals surface area contributed by atoms with Gasteiger partial charge in [-0.15, -0.1) is 0 Å². The van der Waals surface area contributed by atoms with E-state index in [1.54, 1.807) is 0 Å². The Labute approximate surface area is 108 Å². The van der Waals surface area contributed by atoms with Crippen LogP contribution in [-0.2, 0) is 4.79 Å². The summed E-state index contributed by atoms with van der Waals surface area (Å²) in [7, 11) is 0. The van der Waals surface area contributed by atoms with Crippen LogP contribution in [0.1, 0.15) is 39.0 Å². The summed E-state index contributed by atoms with van der Waals surface area (Å²) in [6.45, 7) is 3.73. The number of rotatable bonds is 7. The van der Waals surface area contributed by atoms with E-state index in [0.717, 1.165) is 30.6 Å². The van der Waals surface area contributed by atoms with E-state index in [-0.39, 0.29) is 5.91 Å². The molecule has 0 aromatic carbocycles. The van der Waals surface area contributed by atoms with Gasteiger partial charge in [-0.2, -0.15) is 11.8 Å². The molecule has 0 heterocycles. The Hall–Kier alpha value is -0.220. The maximum absolute atomic E-state index is 11.7.